The largest absolute Gasteiger partial charge is 0.472 e. The van der Waals surface area contributed by atoms with Gasteiger partial charge in [0, 0.05) is 5.56 Å². The van der Waals surface area contributed by atoms with Crippen LogP contribution in [0.25, 0.3) is 0 Å². The first-order chi connectivity index (χ1) is 6.67. The number of aliphatic hydroxyl groups is 1. The summed E-state index contributed by atoms with van der Waals surface area (Å²) in [5.74, 6) is 0. The zero-order chi connectivity index (χ0) is 10.4. The predicted octanol–water partition coefficient (Wildman–Crippen LogP) is 1.88. The molecule has 0 saturated carbocycles. The van der Waals surface area contributed by atoms with E-state index >= 15 is 0 Å². The van der Waals surface area contributed by atoms with Crippen molar-refractivity contribution in [2.75, 3.05) is 13.1 Å². The smallest absolute Gasteiger partial charge is 0.0963 e. The van der Waals surface area contributed by atoms with Gasteiger partial charge in [-0.1, -0.05) is 6.92 Å². The molecule has 0 aliphatic heterocycles. The van der Waals surface area contributed by atoms with Gasteiger partial charge in [0.1, 0.15) is 0 Å². The molecule has 1 rings (SSSR count). The minimum Gasteiger partial charge on any atom is -0.472 e. The average Bonchev–Trinajstić information content (AvgIpc) is 2.65. The molecule has 0 radical (unpaired) electrons. The van der Waals surface area contributed by atoms with Crippen LogP contribution >= 0.6 is 0 Å². The zero-order valence-corrected chi connectivity index (χ0v) is 8.92. The van der Waals surface area contributed by atoms with Gasteiger partial charge in [0.25, 0.3) is 0 Å². The second-order valence-electron chi connectivity index (χ2n) is 3.79. The van der Waals surface area contributed by atoms with Gasteiger partial charge in [0.05, 0.1) is 18.1 Å². The molecule has 1 unspecified atom stereocenters. The molecule has 1 atom stereocenters. The van der Waals surface area contributed by atoms with Crippen molar-refractivity contribution in [1.82, 2.24) is 5.32 Å². The lowest BCUT2D eigenvalue weighted by Crippen LogP contribution is -2.27. The maximum Gasteiger partial charge on any atom is 0.0963 e. The van der Waals surface area contributed by atoms with Crippen LogP contribution in [0.2, 0.25) is 0 Å². The number of hydrogen-bond acceptors (Lipinski definition) is 3. The fourth-order valence-electron chi connectivity index (χ4n) is 1.35. The zero-order valence-electron chi connectivity index (χ0n) is 8.92. The number of rotatable bonds is 6. The Morgan fingerprint density at radius 2 is 2.29 bits per heavy atom. The molecule has 2 N–H and O–H groups in total. The molecule has 0 amide bonds. The second-order valence-corrected chi connectivity index (χ2v) is 3.79. The Balaban J connectivity index is 2.35. The van der Waals surface area contributed by atoms with Crippen molar-refractivity contribution in [1.29, 1.82) is 0 Å². The summed E-state index contributed by atoms with van der Waals surface area (Å²) in [4.78, 5) is 0. The molecule has 3 nitrogen and oxygen atoms in total. The standard InChI is InChI=1S/C11H19NO2/c1-3-6-12-7-5-11(2,13)10-4-8-14-9-10/h4,8-9,12-13H,3,5-7H2,1-2H3. The summed E-state index contributed by atoms with van der Waals surface area (Å²) in [5, 5.41) is 13.3. The highest BCUT2D eigenvalue weighted by Crippen LogP contribution is 2.23. The SMILES string of the molecule is CCCNCCC(C)(O)c1ccoc1. The lowest BCUT2D eigenvalue weighted by Gasteiger charge is -2.21. The normalized spacial score (nSPS) is 15.4. The quantitative estimate of drug-likeness (QED) is 0.684. The van der Waals surface area contributed by atoms with E-state index in [1.165, 1.54) is 0 Å². The third kappa shape index (κ3) is 3.16. The van der Waals surface area contributed by atoms with Gasteiger partial charge in [-0.25, -0.2) is 0 Å². The van der Waals surface area contributed by atoms with Crippen molar-refractivity contribution < 1.29 is 9.52 Å². The van der Waals surface area contributed by atoms with Gasteiger partial charge in [0.15, 0.2) is 0 Å². The molecular formula is C11H19NO2. The van der Waals surface area contributed by atoms with Crippen molar-refractivity contribution in [2.45, 2.75) is 32.3 Å². The summed E-state index contributed by atoms with van der Waals surface area (Å²) in [6.07, 6.45) is 5.00. The highest BCUT2D eigenvalue weighted by atomic mass is 16.3. The van der Waals surface area contributed by atoms with Crippen LogP contribution in [0.3, 0.4) is 0 Å². The van der Waals surface area contributed by atoms with E-state index in [9.17, 15) is 5.11 Å². The lowest BCUT2D eigenvalue weighted by molar-refractivity contribution is 0.0475. The van der Waals surface area contributed by atoms with Gasteiger partial charge >= 0.3 is 0 Å². The Morgan fingerprint density at radius 3 is 2.86 bits per heavy atom. The van der Waals surface area contributed by atoms with Crippen molar-refractivity contribution in [3.8, 4) is 0 Å². The van der Waals surface area contributed by atoms with Crippen LogP contribution in [0.5, 0.6) is 0 Å². The molecule has 0 bridgehead atoms. The van der Waals surface area contributed by atoms with E-state index in [1.54, 1.807) is 18.6 Å². The average molecular weight is 197 g/mol. The minimum atomic E-state index is -0.784. The predicted molar refractivity (Wildman–Crippen MR) is 56.1 cm³/mol. The molecule has 0 fully saturated rings. The van der Waals surface area contributed by atoms with Crippen LogP contribution < -0.4 is 5.32 Å². The van der Waals surface area contributed by atoms with Crippen molar-refractivity contribution >= 4 is 0 Å². The van der Waals surface area contributed by atoms with Crippen molar-refractivity contribution in [3.05, 3.63) is 24.2 Å². The van der Waals surface area contributed by atoms with Gasteiger partial charge in [-0.2, -0.15) is 0 Å². The first-order valence-electron chi connectivity index (χ1n) is 5.12. The number of nitrogens with one attached hydrogen (secondary N) is 1. The monoisotopic (exact) mass is 197 g/mol. The van der Waals surface area contributed by atoms with Crippen LogP contribution in [0, 0.1) is 0 Å². The molecule has 0 spiro atoms. The Morgan fingerprint density at radius 1 is 1.50 bits per heavy atom. The summed E-state index contributed by atoms with van der Waals surface area (Å²) in [5.41, 5.74) is 0.0593. The van der Waals surface area contributed by atoms with E-state index < -0.39 is 5.60 Å². The van der Waals surface area contributed by atoms with E-state index in [2.05, 4.69) is 12.2 Å². The summed E-state index contributed by atoms with van der Waals surface area (Å²) >= 11 is 0. The van der Waals surface area contributed by atoms with Crippen LogP contribution in [0.4, 0.5) is 0 Å². The van der Waals surface area contributed by atoms with Crippen LogP contribution in [0.1, 0.15) is 32.3 Å². The molecule has 0 aromatic carbocycles. The highest BCUT2D eigenvalue weighted by Gasteiger charge is 2.23. The van der Waals surface area contributed by atoms with Crippen molar-refractivity contribution in [3.63, 3.8) is 0 Å². The first kappa shape index (κ1) is 11.3. The summed E-state index contributed by atoms with van der Waals surface area (Å²) in [7, 11) is 0. The molecule has 1 aromatic heterocycles. The fourth-order valence-corrected chi connectivity index (χ4v) is 1.35. The van der Waals surface area contributed by atoms with Crippen LogP contribution in [-0.2, 0) is 5.60 Å². The molecule has 3 heteroatoms. The minimum absolute atomic E-state index is 0.701. The van der Waals surface area contributed by atoms with Crippen LogP contribution in [-0.4, -0.2) is 18.2 Å². The maximum absolute atomic E-state index is 10.1. The summed E-state index contributed by atoms with van der Waals surface area (Å²) < 4.78 is 4.95. The second kappa shape index (κ2) is 5.17. The van der Waals surface area contributed by atoms with Gasteiger partial charge < -0.3 is 14.8 Å². The van der Waals surface area contributed by atoms with Gasteiger partial charge in [-0.15, -0.1) is 0 Å². The summed E-state index contributed by atoms with van der Waals surface area (Å²) in [6.45, 7) is 5.76. The number of hydrogen-bond donors (Lipinski definition) is 2. The molecule has 1 heterocycles. The third-order valence-corrected chi connectivity index (χ3v) is 2.36. The molecule has 0 saturated heterocycles. The Bertz CT molecular complexity index is 242. The Labute approximate surface area is 85.1 Å². The molecule has 0 aliphatic carbocycles. The molecule has 80 valence electrons. The van der Waals surface area contributed by atoms with E-state index in [0.29, 0.717) is 6.42 Å². The topological polar surface area (TPSA) is 45.4 Å². The highest BCUT2D eigenvalue weighted by molar-refractivity contribution is 5.14. The Hall–Kier alpha value is -0.800. The van der Waals surface area contributed by atoms with E-state index in [-0.39, 0.29) is 0 Å². The van der Waals surface area contributed by atoms with Gasteiger partial charge in [-0.05, 0) is 38.9 Å². The number of furan rings is 1. The van der Waals surface area contributed by atoms with Crippen molar-refractivity contribution in [2.24, 2.45) is 0 Å². The molecular weight excluding hydrogens is 178 g/mol. The Kier molecular flexibility index (Phi) is 4.17. The molecule has 1 aromatic rings. The van der Waals surface area contributed by atoms with Gasteiger partial charge in [0.2, 0.25) is 0 Å². The summed E-state index contributed by atoms with van der Waals surface area (Å²) in [6, 6.07) is 1.81. The molecule has 0 aliphatic rings. The lowest BCUT2D eigenvalue weighted by atomic mass is 9.95. The first-order valence-corrected chi connectivity index (χ1v) is 5.12. The van der Waals surface area contributed by atoms with E-state index in [1.807, 2.05) is 6.92 Å². The molecule has 14 heavy (non-hydrogen) atoms. The fraction of sp³-hybridized carbons (Fsp3) is 0.636. The van der Waals surface area contributed by atoms with Crippen LogP contribution in [0.15, 0.2) is 23.0 Å². The third-order valence-electron chi connectivity index (χ3n) is 2.36. The van der Waals surface area contributed by atoms with Gasteiger partial charge in [-0.3, -0.25) is 0 Å². The maximum atomic E-state index is 10.1. The van der Waals surface area contributed by atoms with E-state index in [4.69, 9.17) is 4.42 Å². The van der Waals surface area contributed by atoms with E-state index in [0.717, 1.165) is 25.1 Å².